The van der Waals surface area contributed by atoms with E-state index in [0.717, 1.165) is 3.57 Å². The first-order valence-electron chi connectivity index (χ1n) is 3.99. The van der Waals surface area contributed by atoms with Crippen LogP contribution < -0.4 is 5.32 Å². The molecular formula is C9H7BrF2INO. The van der Waals surface area contributed by atoms with Gasteiger partial charge in [0.05, 0.1) is 12.1 Å². The Morgan fingerprint density at radius 1 is 1.47 bits per heavy atom. The predicted octanol–water partition coefficient (Wildman–Crippen LogP) is 3.01. The van der Waals surface area contributed by atoms with Crippen LogP contribution in [0.25, 0.3) is 0 Å². The van der Waals surface area contributed by atoms with Crippen LogP contribution >= 0.6 is 38.5 Å². The lowest BCUT2D eigenvalue weighted by Crippen LogP contribution is -2.33. The van der Waals surface area contributed by atoms with Crippen molar-refractivity contribution in [3.63, 3.8) is 0 Å². The van der Waals surface area contributed by atoms with Gasteiger partial charge in [0.15, 0.2) is 0 Å². The molecule has 2 nitrogen and oxygen atoms in total. The van der Waals surface area contributed by atoms with Gasteiger partial charge < -0.3 is 5.32 Å². The number of rotatable bonds is 3. The van der Waals surface area contributed by atoms with E-state index in [-0.39, 0.29) is 0 Å². The van der Waals surface area contributed by atoms with E-state index >= 15 is 0 Å². The third-order valence-electron chi connectivity index (χ3n) is 1.57. The average Bonchev–Trinajstić information content (AvgIpc) is 2.14. The number of amides is 1. The van der Waals surface area contributed by atoms with Crippen LogP contribution in [0.1, 0.15) is 10.4 Å². The van der Waals surface area contributed by atoms with Gasteiger partial charge in [-0.25, -0.2) is 0 Å². The van der Waals surface area contributed by atoms with E-state index in [4.69, 9.17) is 0 Å². The molecule has 1 aromatic rings. The monoisotopic (exact) mass is 389 g/mol. The van der Waals surface area contributed by atoms with Crippen LogP contribution in [-0.2, 0) is 0 Å². The standard InChI is InChI=1S/C9H7BrF2INO/c10-9(11,12)5-14-8(15)6-3-1-2-4-7(6)13/h1-4H,5H2,(H,14,15). The Morgan fingerprint density at radius 2 is 2.07 bits per heavy atom. The summed E-state index contributed by atoms with van der Waals surface area (Å²) in [4.78, 5) is 8.38. The van der Waals surface area contributed by atoms with Gasteiger partial charge in [0.25, 0.3) is 5.91 Å². The lowest BCUT2D eigenvalue weighted by atomic mass is 10.2. The van der Waals surface area contributed by atoms with Crippen molar-refractivity contribution in [3.8, 4) is 0 Å². The molecule has 0 unspecified atom stereocenters. The topological polar surface area (TPSA) is 29.1 Å². The highest BCUT2D eigenvalue weighted by atomic mass is 127. The van der Waals surface area contributed by atoms with E-state index in [1.54, 1.807) is 24.3 Å². The summed E-state index contributed by atoms with van der Waals surface area (Å²) in [5.74, 6) is -0.501. The number of alkyl halides is 3. The maximum Gasteiger partial charge on any atom is 0.318 e. The molecular weight excluding hydrogens is 383 g/mol. The predicted molar refractivity (Wildman–Crippen MR) is 65.4 cm³/mol. The molecule has 82 valence electrons. The molecule has 1 aromatic carbocycles. The molecule has 0 spiro atoms. The third kappa shape index (κ3) is 4.42. The van der Waals surface area contributed by atoms with Crippen molar-refractivity contribution in [1.29, 1.82) is 0 Å². The molecule has 0 saturated carbocycles. The maximum atomic E-state index is 12.4. The first kappa shape index (κ1) is 12.8. The number of hydrogen-bond acceptors (Lipinski definition) is 1. The van der Waals surface area contributed by atoms with Gasteiger partial charge in [-0.3, -0.25) is 4.79 Å². The molecule has 0 heterocycles. The van der Waals surface area contributed by atoms with Gasteiger partial charge >= 0.3 is 4.83 Å². The lowest BCUT2D eigenvalue weighted by molar-refractivity contribution is 0.0835. The number of carbonyl (C=O) groups excluding carboxylic acids is 1. The molecule has 0 radical (unpaired) electrons. The van der Waals surface area contributed by atoms with E-state index in [9.17, 15) is 13.6 Å². The summed E-state index contributed by atoms with van der Waals surface area (Å²) in [6.07, 6.45) is 0. The lowest BCUT2D eigenvalue weighted by Gasteiger charge is -2.10. The Balaban J connectivity index is 2.66. The molecule has 0 bridgehead atoms. The molecule has 0 fully saturated rings. The Bertz CT molecular complexity index is 367. The minimum absolute atomic E-state index is 0.398. The smallest absolute Gasteiger partial charge is 0.318 e. The molecule has 0 aliphatic heterocycles. The van der Waals surface area contributed by atoms with Crippen LogP contribution in [0.4, 0.5) is 8.78 Å². The zero-order valence-electron chi connectivity index (χ0n) is 7.44. The normalized spacial score (nSPS) is 11.2. The number of benzene rings is 1. The van der Waals surface area contributed by atoms with Crippen LogP contribution in [0.3, 0.4) is 0 Å². The van der Waals surface area contributed by atoms with Gasteiger partial charge in [0.1, 0.15) is 0 Å². The van der Waals surface area contributed by atoms with Crippen molar-refractivity contribution in [1.82, 2.24) is 5.32 Å². The molecule has 1 rings (SSSR count). The summed E-state index contributed by atoms with van der Waals surface area (Å²) >= 11 is 4.12. The van der Waals surface area contributed by atoms with Crippen molar-refractivity contribution in [2.24, 2.45) is 0 Å². The fourth-order valence-electron chi connectivity index (χ4n) is 0.921. The van der Waals surface area contributed by atoms with Gasteiger partial charge in [0, 0.05) is 3.57 Å². The number of halogens is 4. The summed E-state index contributed by atoms with van der Waals surface area (Å²) in [6, 6.07) is 6.78. The zero-order valence-corrected chi connectivity index (χ0v) is 11.2. The van der Waals surface area contributed by atoms with Crippen molar-refractivity contribution < 1.29 is 13.6 Å². The number of nitrogens with one attached hydrogen (secondary N) is 1. The van der Waals surface area contributed by atoms with E-state index in [1.807, 2.05) is 22.6 Å². The molecule has 0 saturated heterocycles. The summed E-state index contributed by atoms with van der Waals surface area (Å²) in [5, 5.41) is 2.14. The molecule has 0 aliphatic carbocycles. The molecule has 0 aromatic heterocycles. The number of carbonyl (C=O) groups is 1. The Hall–Kier alpha value is -0.240. The van der Waals surface area contributed by atoms with Gasteiger partial charge in [-0.1, -0.05) is 12.1 Å². The molecule has 1 N–H and O–H groups in total. The fraction of sp³-hybridized carbons (Fsp3) is 0.222. The first-order chi connectivity index (χ1) is 6.90. The quantitative estimate of drug-likeness (QED) is 0.625. The maximum absolute atomic E-state index is 12.4. The van der Waals surface area contributed by atoms with Crippen molar-refractivity contribution >= 4 is 44.4 Å². The van der Waals surface area contributed by atoms with E-state index < -0.39 is 17.3 Å². The van der Waals surface area contributed by atoms with E-state index in [2.05, 4.69) is 21.2 Å². The molecule has 6 heteroatoms. The van der Waals surface area contributed by atoms with Gasteiger partial charge in [-0.05, 0) is 50.7 Å². The summed E-state index contributed by atoms with van der Waals surface area (Å²) in [6.45, 7) is -0.725. The van der Waals surface area contributed by atoms with Crippen molar-refractivity contribution in [2.75, 3.05) is 6.54 Å². The average molecular weight is 390 g/mol. The van der Waals surface area contributed by atoms with Crippen LogP contribution in [0.15, 0.2) is 24.3 Å². The largest absolute Gasteiger partial charge is 0.345 e. The van der Waals surface area contributed by atoms with Crippen molar-refractivity contribution in [3.05, 3.63) is 33.4 Å². The van der Waals surface area contributed by atoms with E-state index in [1.165, 1.54) is 0 Å². The second kappa shape index (κ2) is 5.20. The third-order valence-corrected chi connectivity index (χ3v) is 2.79. The minimum atomic E-state index is -3.07. The zero-order chi connectivity index (χ0) is 11.5. The first-order valence-corrected chi connectivity index (χ1v) is 5.87. The fourth-order valence-corrected chi connectivity index (χ4v) is 1.69. The SMILES string of the molecule is O=C(NCC(F)(F)Br)c1ccccc1I. The van der Waals surface area contributed by atoms with Gasteiger partial charge in [-0.2, -0.15) is 8.78 Å². The minimum Gasteiger partial charge on any atom is -0.345 e. The van der Waals surface area contributed by atoms with Gasteiger partial charge in [0.2, 0.25) is 0 Å². The summed E-state index contributed by atoms with van der Waals surface area (Å²) in [5.41, 5.74) is 0.398. The van der Waals surface area contributed by atoms with Gasteiger partial charge in [-0.15, -0.1) is 0 Å². The Morgan fingerprint density at radius 3 is 2.60 bits per heavy atom. The van der Waals surface area contributed by atoms with Crippen LogP contribution in [0.5, 0.6) is 0 Å². The van der Waals surface area contributed by atoms with Crippen LogP contribution in [-0.4, -0.2) is 17.3 Å². The highest BCUT2D eigenvalue weighted by Crippen LogP contribution is 2.20. The Labute approximate surface area is 108 Å². The van der Waals surface area contributed by atoms with E-state index in [0.29, 0.717) is 5.56 Å². The second-order valence-electron chi connectivity index (χ2n) is 2.78. The highest BCUT2D eigenvalue weighted by Gasteiger charge is 2.24. The Kier molecular flexibility index (Phi) is 4.45. The summed E-state index contributed by atoms with van der Waals surface area (Å²) in [7, 11) is 0. The summed E-state index contributed by atoms with van der Waals surface area (Å²) < 4.78 is 25.5. The second-order valence-corrected chi connectivity index (χ2v) is 5.10. The highest BCUT2D eigenvalue weighted by molar-refractivity contribution is 14.1. The molecule has 1 amide bonds. The molecule has 0 aliphatic rings. The molecule has 15 heavy (non-hydrogen) atoms. The van der Waals surface area contributed by atoms with Crippen molar-refractivity contribution in [2.45, 2.75) is 4.83 Å². The van der Waals surface area contributed by atoms with Crippen LogP contribution in [0, 0.1) is 3.57 Å². The molecule has 0 atom stereocenters. The number of hydrogen-bond donors (Lipinski definition) is 1. The van der Waals surface area contributed by atoms with Crippen LogP contribution in [0.2, 0.25) is 0 Å².